The summed E-state index contributed by atoms with van der Waals surface area (Å²) < 4.78 is 5.07. The Labute approximate surface area is 56.8 Å². The molecule has 0 saturated carbocycles. The molecule has 2 N–H and O–H groups in total. The molecule has 0 unspecified atom stereocenters. The predicted molar refractivity (Wildman–Crippen MR) is 39.5 cm³/mol. The smallest absolute Gasteiger partial charge is 0.0466 e. The monoisotopic (exact) mass is 132 g/mol. The van der Waals surface area contributed by atoms with Crippen molar-refractivity contribution in [1.29, 1.82) is 0 Å². The summed E-state index contributed by atoms with van der Waals surface area (Å²) in [6.45, 7) is 8.00. The Morgan fingerprint density at radius 1 is 0.889 bits per heavy atom. The lowest BCUT2D eigenvalue weighted by molar-refractivity contribution is 0.0968. The molecule has 1 heterocycles. The summed E-state index contributed by atoms with van der Waals surface area (Å²) in [7, 11) is 0. The summed E-state index contributed by atoms with van der Waals surface area (Å²) in [5.74, 6) is 0. The summed E-state index contributed by atoms with van der Waals surface area (Å²) in [4.78, 5) is 0. The van der Waals surface area contributed by atoms with Crippen molar-refractivity contribution in [3.63, 3.8) is 0 Å². The Morgan fingerprint density at radius 2 is 1.33 bits per heavy atom. The van der Waals surface area contributed by atoms with Gasteiger partial charge < -0.3 is 10.2 Å². The van der Waals surface area contributed by atoms with Crippen LogP contribution in [0.2, 0.25) is 0 Å². The van der Waals surface area contributed by atoms with Gasteiger partial charge in [-0.1, -0.05) is 0 Å². The maximum absolute atomic E-state index is 5.07. The summed E-state index contributed by atoms with van der Waals surface area (Å²) in [6, 6.07) is 0. The van der Waals surface area contributed by atoms with Crippen LogP contribution in [0.3, 0.4) is 0 Å². The SMILES string of the molecule is C1CCOCC1.C=C.O. The van der Waals surface area contributed by atoms with Gasteiger partial charge in [0.1, 0.15) is 0 Å². The average molecular weight is 132 g/mol. The van der Waals surface area contributed by atoms with E-state index in [9.17, 15) is 0 Å². The molecule has 0 aromatic carbocycles. The first-order valence-electron chi connectivity index (χ1n) is 3.08. The first-order chi connectivity index (χ1) is 4.00. The number of ether oxygens (including phenoxy) is 1. The van der Waals surface area contributed by atoms with Gasteiger partial charge in [0.05, 0.1) is 0 Å². The maximum Gasteiger partial charge on any atom is 0.0466 e. The third-order valence-electron chi connectivity index (χ3n) is 1.08. The molecule has 0 aliphatic carbocycles. The summed E-state index contributed by atoms with van der Waals surface area (Å²) >= 11 is 0. The number of hydrogen-bond acceptors (Lipinski definition) is 1. The fraction of sp³-hybridized carbons (Fsp3) is 0.714. The van der Waals surface area contributed by atoms with Gasteiger partial charge in [0.15, 0.2) is 0 Å². The second-order valence-electron chi connectivity index (χ2n) is 1.67. The van der Waals surface area contributed by atoms with Crippen molar-refractivity contribution in [3.05, 3.63) is 13.2 Å². The Hall–Kier alpha value is -0.340. The second-order valence-corrected chi connectivity index (χ2v) is 1.67. The van der Waals surface area contributed by atoms with E-state index in [0.29, 0.717) is 0 Å². The average Bonchev–Trinajstić information content (AvgIpc) is 1.96. The molecule has 2 heteroatoms. The highest BCUT2D eigenvalue weighted by Crippen LogP contribution is 2.01. The highest BCUT2D eigenvalue weighted by Gasteiger charge is 1.94. The van der Waals surface area contributed by atoms with Gasteiger partial charge in [-0.2, -0.15) is 0 Å². The molecule has 1 aliphatic heterocycles. The van der Waals surface area contributed by atoms with Crippen LogP contribution in [0, 0.1) is 0 Å². The van der Waals surface area contributed by atoms with E-state index in [-0.39, 0.29) is 5.48 Å². The molecule has 2 nitrogen and oxygen atoms in total. The van der Waals surface area contributed by atoms with Crippen molar-refractivity contribution < 1.29 is 10.2 Å². The molecule has 0 amide bonds. The van der Waals surface area contributed by atoms with Crippen molar-refractivity contribution in [3.8, 4) is 0 Å². The van der Waals surface area contributed by atoms with E-state index in [1.54, 1.807) is 0 Å². The minimum atomic E-state index is 0. The first-order valence-corrected chi connectivity index (χ1v) is 3.08. The molecule has 0 radical (unpaired) electrons. The molecule has 0 bridgehead atoms. The van der Waals surface area contributed by atoms with Gasteiger partial charge in [-0.15, -0.1) is 13.2 Å². The van der Waals surface area contributed by atoms with Crippen molar-refractivity contribution in [1.82, 2.24) is 0 Å². The summed E-state index contributed by atoms with van der Waals surface area (Å²) in [5.41, 5.74) is 0. The van der Waals surface area contributed by atoms with Gasteiger partial charge in [0.25, 0.3) is 0 Å². The molecular weight excluding hydrogens is 116 g/mol. The Balaban J connectivity index is 0. The zero-order valence-corrected chi connectivity index (χ0v) is 5.86. The molecule has 1 saturated heterocycles. The van der Waals surface area contributed by atoms with E-state index in [0.717, 1.165) is 13.2 Å². The molecule has 1 aliphatic rings. The standard InChI is InChI=1S/C5H10O.C2H4.H2O/c1-2-4-6-5-3-1;1-2;/h1-5H2;1-2H2;1H2. The minimum absolute atomic E-state index is 0. The van der Waals surface area contributed by atoms with E-state index in [1.807, 2.05) is 0 Å². The quantitative estimate of drug-likeness (QED) is 0.456. The van der Waals surface area contributed by atoms with Gasteiger partial charge in [-0.05, 0) is 19.3 Å². The van der Waals surface area contributed by atoms with E-state index in [1.165, 1.54) is 19.3 Å². The second kappa shape index (κ2) is 10.6. The molecule has 0 aromatic heterocycles. The first kappa shape index (κ1) is 11.5. The highest BCUT2D eigenvalue weighted by molar-refractivity contribution is 4.45. The molecular formula is C7H16O2. The van der Waals surface area contributed by atoms with Gasteiger partial charge in [-0.3, -0.25) is 0 Å². The lowest BCUT2D eigenvalue weighted by atomic mass is 10.2. The highest BCUT2D eigenvalue weighted by atomic mass is 16.5. The minimum Gasteiger partial charge on any atom is -0.412 e. The Kier molecular flexibility index (Phi) is 13.5. The zero-order valence-electron chi connectivity index (χ0n) is 5.86. The van der Waals surface area contributed by atoms with Crippen molar-refractivity contribution in [2.75, 3.05) is 13.2 Å². The third-order valence-corrected chi connectivity index (χ3v) is 1.08. The Morgan fingerprint density at radius 3 is 1.44 bits per heavy atom. The van der Waals surface area contributed by atoms with Crippen molar-refractivity contribution in [2.45, 2.75) is 19.3 Å². The largest absolute Gasteiger partial charge is 0.412 e. The van der Waals surface area contributed by atoms with Crippen LogP contribution in [0.25, 0.3) is 0 Å². The molecule has 1 rings (SSSR count). The number of hydrogen-bond donors (Lipinski definition) is 0. The molecule has 56 valence electrons. The van der Waals surface area contributed by atoms with E-state index < -0.39 is 0 Å². The fourth-order valence-corrected chi connectivity index (χ4v) is 0.687. The van der Waals surface area contributed by atoms with Crippen LogP contribution in [0.1, 0.15) is 19.3 Å². The molecule has 0 aromatic rings. The fourth-order valence-electron chi connectivity index (χ4n) is 0.687. The molecule has 1 fully saturated rings. The van der Waals surface area contributed by atoms with Gasteiger partial charge in [0, 0.05) is 13.2 Å². The Bertz CT molecular complexity index is 30.7. The van der Waals surface area contributed by atoms with Crippen LogP contribution in [-0.4, -0.2) is 18.7 Å². The molecule has 0 atom stereocenters. The lowest BCUT2D eigenvalue weighted by Gasteiger charge is -2.08. The van der Waals surface area contributed by atoms with E-state index >= 15 is 0 Å². The zero-order chi connectivity index (χ0) is 6.24. The third kappa shape index (κ3) is 7.66. The lowest BCUT2D eigenvalue weighted by Crippen LogP contribution is -2.03. The predicted octanol–water partition coefficient (Wildman–Crippen LogP) is 1.16. The van der Waals surface area contributed by atoms with Crippen LogP contribution in [0.5, 0.6) is 0 Å². The van der Waals surface area contributed by atoms with E-state index in [2.05, 4.69) is 13.2 Å². The van der Waals surface area contributed by atoms with Crippen molar-refractivity contribution >= 4 is 0 Å². The van der Waals surface area contributed by atoms with Crippen LogP contribution in [0.15, 0.2) is 13.2 Å². The van der Waals surface area contributed by atoms with Gasteiger partial charge in [-0.25, -0.2) is 0 Å². The molecule has 0 spiro atoms. The van der Waals surface area contributed by atoms with Crippen LogP contribution < -0.4 is 0 Å². The van der Waals surface area contributed by atoms with Gasteiger partial charge in [0.2, 0.25) is 0 Å². The number of rotatable bonds is 0. The van der Waals surface area contributed by atoms with Gasteiger partial charge >= 0.3 is 0 Å². The summed E-state index contributed by atoms with van der Waals surface area (Å²) in [5, 5.41) is 0. The normalized spacial score (nSPS) is 16.4. The van der Waals surface area contributed by atoms with Crippen LogP contribution >= 0.6 is 0 Å². The maximum atomic E-state index is 5.07. The van der Waals surface area contributed by atoms with Crippen LogP contribution in [0.4, 0.5) is 0 Å². The van der Waals surface area contributed by atoms with Crippen LogP contribution in [-0.2, 0) is 4.74 Å². The van der Waals surface area contributed by atoms with Crippen molar-refractivity contribution in [2.24, 2.45) is 0 Å². The molecule has 9 heavy (non-hydrogen) atoms. The summed E-state index contributed by atoms with van der Waals surface area (Å²) in [6.07, 6.45) is 3.93. The topological polar surface area (TPSA) is 40.7 Å². The van der Waals surface area contributed by atoms with E-state index in [4.69, 9.17) is 4.74 Å².